The molecule has 0 N–H and O–H groups in total. The van der Waals surface area contributed by atoms with Gasteiger partial charge in [0.05, 0.1) is 11.5 Å². The normalized spacial score (nSPS) is 43.7. The molecule has 5 nitrogen and oxygen atoms in total. The van der Waals surface area contributed by atoms with Crippen molar-refractivity contribution in [3.63, 3.8) is 0 Å². The van der Waals surface area contributed by atoms with Crippen LogP contribution in [0.4, 0.5) is 0 Å². The van der Waals surface area contributed by atoms with E-state index in [0.29, 0.717) is 29.6 Å². The first-order valence-electron chi connectivity index (χ1n) is 17.7. The van der Waals surface area contributed by atoms with E-state index < -0.39 is 10.1 Å². The number of carbonyl (C=O) groups excluding carboxylic acids is 1. The third kappa shape index (κ3) is 4.92. The molecule has 6 rings (SSSR count). The highest BCUT2D eigenvalue weighted by atomic mass is 32.2. The van der Waals surface area contributed by atoms with Crippen LogP contribution in [0, 0.1) is 63.6 Å². The van der Waals surface area contributed by atoms with Gasteiger partial charge in [0.2, 0.25) is 0 Å². The number of esters is 1. The van der Waals surface area contributed by atoms with E-state index in [1.165, 1.54) is 31.3 Å². The van der Waals surface area contributed by atoms with Crippen LogP contribution < -0.4 is 0 Å². The zero-order valence-corrected chi connectivity index (χ0v) is 30.0. The molecule has 5 aliphatic carbocycles. The minimum absolute atomic E-state index is 0.00865. The average molecular weight is 639 g/mol. The molecule has 0 saturated heterocycles. The monoisotopic (exact) mass is 638 g/mol. The van der Waals surface area contributed by atoms with Gasteiger partial charge in [-0.05, 0) is 141 Å². The van der Waals surface area contributed by atoms with Crippen molar-refractivity contribution in [3.05, 3.63) is 42.0 Å². The molecule has 45 heavy (non-hydrogen) atoms. The zero-order chi connectivity index (χ0) is 32.8. The Morgan fingerprint density at radius 2 is 1.53 bits per heavy atom. The molecule has 0 aromatic heterocycles. The van der Waals surface area contributed by atoms with Crippen LogP contribution in [0.15, 0.2) is 41.3 Å². The van der Waals surface area contributed by atoms with Gasteiger partial charge in [0, 0.05) is 12.3 Å². The van der Waals surface area contributed by atoms with Crippen molar-refractivity contribution in [3.8, 4) is 0 Å². The van der Waals surface area contributed by atoms with Gasteiger partial charge in [0.15, 0.2) is 0 Å². The molecule has 6 heteroatoms. The van der Waals surface area contributed by atoms with E-state index in [9.17, 15) is 13.2 Å². The van der Waals surface area contributed by atoms with Gasteiger partial charge in [-0.15, -0.1) is 0 Å². The van der Waals surface area contributed by atoms with Crippen molar-refractivity contribution in [1.82, 2.24) is 0 Å². The molecule has 0 unspecified atom stereocenters. The predicted octanol–water partition coefficient (Wildman–Crippen LogP) is 9.29. The minimum Gasteiger partial charge on any atom is -0.462 e. The van der Waals surface area contributed by atoms with E-state index in [4.69, 9.17) is 8.92 Å². The Labute approximate surface area is 273 Å². The summed E-state index contributed by atoms with van der Waals surface area (Å²) in [5.41, 5.74) is 2.69. The fourth-order valence-corrected chi connectivity index (χ4v) is 13.9. The van der Waals surface area contributed by atoms with Gasteiger partial charge in [0.25, 0.3) is 10.1 Å². The minimum atomic E-state index is -3.83. The van der Waals surface area contributed by atoms with E-state index in [2.05, 4.69) is 48.1 Å². The maximum Gasteiger partial charge on any atom is 0.302 e. The summed E-state index contributed by atoms with van der Waals surface area (Å²) in [7, 11) is -3.83. The Morgan fingerprint density at radius 1 is 0.844 bits per heavy atom. The first-order valence-corrected chi connectivity index (χ1v) is 19.1. The van der Waals surface area contributed by atoms with Crippen molar-refractivity contribution < 1.29 is 22.1 Å². The summed E-state index contributed by atoms with van der Waals surface area (Å²) in [6.07, 6.45) is 11.1. The molecule has 0 radical (unpaired) electrons. The van der Waals surface area contributed by atoms with Crippen LogP contribution in [0.25, 0.3) is 0 Å². The van der Waals surface area contributed by atoms with Crippen molar-refractivity contribution in [2.24, 2.45) is 56.7 Å². The van der Waals surface area contributed by atoms with Crippen molar-refractivity contribution in [2.75, 3.05) is 6.61 Å². The molecule has 0 amide bonds. The molecule has 5 saturated carbocycles. The Hall–Kier alpha value is -1.66. The Balaban J connectivity index is 1.31. The van der Waals surface area contributed by atoms with E-state index >= 15 is 0 Å². The van der Waals surface area contributed by atoms with Crippen LogP contribution in [0.1, 0.15) is 118 Å². The van der Waals surface area contributed by atoms with Crippen LogP contribution in [0.5, 0.6) is 0 Å². The van der Waals surface area contributed by atoms with E-state index in [-0.39, 0.29) is 50.7 Å². The van der Waals surface area contributed by atoms with Crippen molar-refractivity contribution in [2.45, 2.75) is 131 Å². The lowest BCUT2D eigenvalue weighted by atomic mass is 9.32. The number of rotatable bonds is 6. The number of allylic oxidation sites excluding steroid dienone is 1. The van der Waals surface area contributed by atoms with Crippen molar-refractivity contribution >= 4 is 16.1 Å². The number of benzene rings is 1. The SMILES string of the molecule is C=C(C)[C@@H]1CC[C@@]2(COS(=O)(=O)c3ccc(C)cc3)CC[C@]3(C)[C@@H](CC[C@@H]4[C@]5(C)CC[C@@H](OC(C)=O)C(C)(C)[C@H]5CC[C@@]43C)[C@@H]12. The van der Waals surface area contributed by atoms with Crippen LogP contribution in [0.2, 0.25) is 0 Å². The second-order valence-electron chi connectivity index (χ2n) is 17.5. The first-order chi connectivity index (χ1) is 20.9. The van der Waals surface area contributed by atoms with Gasteiger partial charge in [0.1, 0.15) is 6.10 Å². The molecule has 250 valence electrons. The standard InChI is InChI=1S/C39H58O5S/c1-25(2)29-16-21-39(24-43-45(41,42)28-12-10-26(3)11-13-28)23-22-37(8)30(34(29)39)14-15-32-36(7)19-18-33(44-27(4)40)35(5,6)31(36)17-20-38(32,37)9/h10-13,29-34H,1,14-24H2,2-9H3/t29-,30-,31+,32+,33+,34+,36+,37+,38-,39-/m0/s1. The van der Waals surface area contributed by atoms with Gasteiger partial charge >= 0.3 is 5.97 Å². The second-order valence-corrected chi connectivity index (χ2v) is 19.2. The Bertz CT molecular complexity index is 1450. The molecule has 5 aliphatic rings. The lowest BCUT2D eigenvalue weighted by Gasteiger charge is -2.73. The lowest BCUT2D eigenvalue weighted by molar-refractivity contribution is -0.251. The molecular formula is C39H58O5S. The quantitative estimate of drug-likeness (QED) is 0.176. The molecule has 1 aromatic rings. The number of aryl methyl sites for hydroxylation is 1. The summed E-state index contributed by atoms with van der Waals surface area (Å²) in [4.78, 5) is 12.3. The van der Waals surface area contributed by atoms with Gasteiger partial charge < -0.3 is 4.74 Å². The second kappa shape index (κ2) is 10.9. The lowest BCUT2D eigenvalue weighted by Crippen LogP contribution is -2.67. The molecule has 0 heterocycles. The first kappa shape index (κ1) is 33.2. The molecular weight excluding hydrogens is 580 g/mol. The predicted molar refractivity (Wildman–Crippen MR) is 179 cm³/mol. The maximum absolute atomic E-state index is 13.4. The largest absolute Gasteiger partial charge is 0.462 e. The van der Waals surface area contributed by atoms with Gasteiger partial charge in [-0.1, -0.05) is 64.5 Å². The molecule has 10 atom stereocenters. The third-order valence-corrected chi connectivity index (χ3v) is 16.6. The number of fused-ring (bicyclic) bond motifs is 7. The van der Waals surface area contributed by atoms with Gasteiger partial charge in [-0.25, -0.2) is 0 Å². The fourth-order valence-electron chi connectivity index (χ4n) is 12.9. The maximum atomic E-state index is 13.4. The topological polar surface area (TPSA) is 69.7 Å². The van der Waals surface area contributed by atoms with Crippen LogP contribution >= 0.6 is 0 Å². The number of hydrogen-bond acceptors (Lipinski definition) is 5. The molecule has 5 fully saturated rings. The van der Waals surface area contributed by atoms with E-state index in [1.54, 1.807) is 19.1 Å². The number of hydrogen-bond donors (Lipinski definition) is 0. The fraction of sp³-hybridized carbons (Fsp3) is 0.769. The van der Waals surface area contributed by atoms with E-state index in [1.807, 2.05) is 19.1 Å². The van der Waals surface area contributed by atoms with Gasteiger partial charge in [-0.3, -0.25) is 8.98 Å². The van der Waals surface area contributed by atoms with Crippen molar-refractivity contribution in [1.29, 1.82) is 0 Å². The Morgan fingerprint density at radius 3 is 2.18 bits per heavy atom. The van der Waals surface area contributed by atoms with Crippen LogP contribution in [-0.2, 0) is 23.8 Å². The number of carbonyl (C=O) groups is 1. The molecule has 1 aromatic carbocycles. The van der Waals surface area contributed by atoms with Gasteiger partial charge in [-0.2, -0.15) is 8.42 Å². The molecule has 0 aliphatic heterocycles. The molecule has 0 bridgehead atoms. The van der Waals surface area contributed by atoms with E-state index in [0.717, 1.165) is 44.1 Å². The summed E-state index contributed by atoms with van der Waals surface area (Å²) < 4.78 is 38.8. The zero-order valence-electron chi connectivity index (χ0n) is 29.2. The summed E-state index contributed by atoms with van der Waals surface area (Å²) in [5, 5.41) is 0. The summed E-state index contributed by atoms with van der Waals surface area (Å²) in [5.74, 6) is 2.31. The highest BCUT2D eigenvalue weighted by Crippen LogP contribution is 2.77. The summed E-state index contributed by atoms with van der Waals surface area (Å²) >= 11 is 0. The Kier molecular flexibility index (Phi) is 8.08. The van der Waals surface area contributed by atoms with Crippen LogP contribution in [0.3, 0.4) is 0 Å². The molecule has 0 spiro atoms. The summed E-state index contributed by atoms with van der Waals surface area (Å²) in [6, 6.07) is 7.02. The number of ether oxygens (including phenoxy) is 1. The summed E-state index contributed by atoms with van der Waals surface area (Å²) in [6.45, 7) is 23.0. The van der Waals surface area contributed by atoms with Crippen LogP contribution in [-0.4, -0.2) is 27.1 Å². The highest BCUT2D eigenvalue weighted by Gasteiger charge is 2.71. The third-order valence-electron chi connectivity index (χ3n) is 15.3. The average Bonchev–Trinajstić information content (AvgIpc) is 3.34. The smallest absolute Gasteiger partial charge is 0.302 e. The highest BCUT2D eigenvalue weighted by molar-refractivity contribution is 7.86.